The fourth-order valence-corrected chi connectivity index (χ4v) is 3.05. The summed E-state index contributed by atoms with van der Waals surface area (Å²) in [5, 5.41) is 2.46. The van der Waals surface area contributed by atoms with Crippen LogP contribution in [-0.2, 0) is 20.3 Å². The van der Waals surface area contributed by atoms with Crippen LogP contribution in [0.25, 0.3) is 0 Å². The summed E-state index contributed by atoms with van der Waals surface area (Å²) >= 11 is 0. The number of hydrogen-bond acceptors (Lipinski definition) is 5. The van der Waals surface area contributed by atoms with Crippen molar-refractivity contribution in [1.82, 2.24) is 0 Å². The van der Waals surface area contributed by atoms with Crippen molar-refractivity contribution < 1.29 is 32.1 Å². The molecular weight excluding hydrogens is 380 g/mol. The first-order valence-corrected chi connectivity index (χ1v) is 9.22. The molecule has 2 rings (SSSR count). The van der Waals surface area contributed by atoms with Crippen molar-refractivity contribution >= 4 is 28.4 Å². The van der Waals surface area contributed by atoms with Crippen LogP contribution >= 0.6 is 0 Å². The van der Waals surface area contributed by atoms with Gasteiger partial charge in [-0.25, -0.2) is 4.79 Å². The van der Waals surface area contributed by atoms with Crippen LogP contribution in [0.3, 0.4) is 0 Å². The first kappa shape index (κ1) is 20.5. The molecule has 9 heteroatoms. The molecule has 0 aliphatic rings. The molecule has 0 saturated carbocycles. The Balaban J connectivity index is 1.92. The molecule has 27 heavy (non-hydrogen) atoms. The smallest absolute Gasteiger partial charge is 0.387 e. The van der Waals surface area contributed by atoms with E-state index in [2.05, 4.69) is 10.1 Å². The number of amides is 1. The van der Waals surface area contributed by atoms with Gasteiger partial charge < -0.3 is 14.8 Å². The first-order valence-electron chi connectivity index (χ1n) is 7.90. The highest BCUT2D eigenvalue weighted by Gasteiger charge is 2.17. The third-order valence-electron chi connectivity index (χ3n) is 3.31. The van der Waals surface area contributed by atoms with Gasteiger partial charge in [-0.1, -0.05) is 19.1 Å². The lowest BCUT2D eigenvalue weighted by Gasteiger charge is -2.10. The van der Waals surface area contributed by atoms with E-state index in [0.29, 0.717) is 16.3 Å². The summed E-state index contributed by atoms with van der Waals surface area (Å²) in [7, 11) is -1.34. The van der Waals surface area contributed by atoms with Crippen molar-refractivity contribution in [3.05, 3.63) is 54.1 Å². The van der Waals surface area contributed by atoms with Gasteiger partial charge >= 0.3 is 12.6 Å². The van der Waals surface area contributed by atoms with Gasteiger partial charge in [-0.3, -0.25) is 9.00 Å². The van der Waals surface area contributed by atoms with Gasteiger partial charge in [-0.05, 0) is 36.4 Å². The van der Waals surface area contributed by atoms with Crippen LogP contribution in [-0.4, -0.2) is 35.1 Å². The quantitative estimate of drug-likeness (QED) is 0.692. The number of hydrogen-bond donors (Lipinski definition) is 1. The van der Waals surface area contributed by atoms with E-state index < -0.39 is 35.9 Å². The third-order valence-corrected chi connectivity index (χ3v) is 4.68. The Morgan fingerprint density at radius 1 is 1.11 bits per heavy atom. The van der Waals surface area contributed by atoms with Crippen LogP contribution in [0, 0.1) is 0 Å². The predicted octanol–water partition coefficient (Wildman–Crippen LogP) is 3.21. The molecule has 0 saturated heterocycles. The van der Waals surface area contributed by atoms with Crippen LogP contribution in [0.15, 0.2) is 53.4 Å². The SMILES string of the molecule is CC[S@](=O)c1ccccc1C(=O)OCC(=O)Nc1ccc(OC(F)F)cc1. The van der Waals surface area contributed by atoms with E-state index in [1.54, 1.807) is 25.1 Å². The van der Waals surface area contributed by atoms with Crippen LogP contribution < -0.4 is 10.1 Å². The molecule has 0 unspecified atom stereocenters. The van der Waals surface area contributed by atoms with Gasteiger partial charge in [0, 0.05) is 11.4 Å². The van der Waals surface area contributed by atoms with Crippen molar-refractivity contribution in [2.75, 3.05) is 17.7 Å². The van der Waals surface area contributed by atoms with Crippen LogP contribution in [0.1, 0.15) is 17.3 Å². The topological polar surface area (TPSA) is 81.7 Å². The molecule has 0 bridgehead atoms. The lowest BCUT2D eigenvalue weighted by molar-refractivity contribution is -0.119. The van der Waals surface area contributed by atoms with Gasteiger partial charge in [-0.2, -0.15) is 8.78 Å². The molecule has 0 spiro atoms. The van der Waals surface area contributed by atoms with Crippen molar-refractivity contribution in [1.29, 1.82) is 0 Å². The Morgan fingerprint density at radius 3 is 2.41 bits per heavy atom. The van der Waals surface area contributed by atoms with Gasteiger partial charge in [0.05, 0.1) is 21.3 Å². The van der Waals surface area contributed by atoms with Gasteiger partial charge in [0.15, 0.2) is 6.61 Å². The molecule has 0 aliphatic carbocycles. The Labute approximate surface area is 156 Å². The van der Waals surface area contributed by atoms with E-state index >= 15 is 0 Å². The molecule has 0 heterocycles. The molecule has 0 aliphatic heterocycles. The summed E-state index contributed by atoms with van der Waals surface area (Å²) in [5.74, 6) is -1.08. The zero-order valence-electron chi connectivity index (χ0n) is 14.3. The van der Waals surface area contributed by atoms with Crippen molar-refractivity contribution in [2.24, 2.45) is 0 Å². The zero-order valence-corrected chi connectivity index (χ0v) is 15.1. The normalized spacial score (nSPS) is 11.7. The monoisotopic (exact) mass is 397 g/mol. The number of rotatable bonds is 8. The Hall–Kier alpha value is -2.81. The molecule has 1 atom stereocenters. The van der Waals surface area contributed by atoms with Crippen molar-refractivity contribution in [2.45, 2.75) is 18.4 Å². The fourth-order valence-electron chi connectivity index (χ4n) is 2.11. The third kappa shape index (κ3) is 6.14. The van der Waals surface area contributed by atoms with Gasteiger partial charge in [0.2, 0.25) is 0 Å². The van der Waals surface area contributed by atoms with E-state index in [4.69, 9.17) is 4.74 Å². The molecule has 144 valence electrons. The summed E-state index contributed by atoms with van der Waals surface area (Å²) in [6.45, 7) is -1.76. The summed E-state index contributed by atoms with van der Waals surface area (Å²) in [6, 6.07) is 11.6. The molecule has 2 aromatic carbocycles. The van der Waals surface area contributed by atoms with Crippen molar-refractivity contribution in [3.8, 4) is 5.75 Å². The van der Waals surface area contributed by atoms with Gasteiger partial charge in [-0.15, -0.1) is 0 Å². The summed E-state index contributed by atoms with van der Waals surface area (Å²) < 4.78 is 45.3. The summed E-state index contributed by atoms with van der Waals surface area (Å²) in [6.07, 6.45) is 0. The molecule has 0 aromatic heterocycles. The number of esters is 1. The molecular formula is C18H17F2NO5S. The number of carbonyl (C=O) groups excluding carboxylic acids is 2. The Morgan fingerprint density at radius 2 is 1.78 bits per heavy atom. The number of anilines is 1. The van der Waals surface area contributed by atoms with Crippen molar-refractivity contribution in [3.63, 3.8) is 0 Å². The van der Waals surface area contributed by atoms with Crippen LogP contribution in [0.2, 0.25) is 0 Å². The highest BCUT2D eigenvalue weighted by molar-refractivity contribution is 7.85. The zero-order chi connectivity index (χ0) is 19.8. The van der Waals surface area contributed by atoms with E-state index in [9.17, 15) is 22.6 Å². The number of nitrogens with one attached hydrogen (secondary N) is 1. The Kier molecular flexibility index (Phi) is 7.42. The standard InChI is InChI=1S/C18H17F2NO5S/c1-2-27(24)15-6-4-3-5-14(15)17(23)25-11-16(22)21-12-7-9-13(10-8-12)26-18(19)20/h3-10,18H,2,11H2,1H3,(H,21,22)/t27-/m0/s1. The highest BCUT2D eigenvalue weighted by Crippen LogP contribution is 2.18. The number of alkyl halides is 2. The van der Waals surface area contributed by atoms with E-state index in [1.165, 1.54) is 30.3 Å². The van der Waals surface area contributed by atoms with Gasteiger partial charge in [0.25, 0.3) is 5.91 Å². The van der Waals surface area contributed by atoms with E-state index in [0.717, 1.165) is 0 Å². The van der Waals surface area contributed by atoms with E-state index in [-0.39, 0.29) is 11.3 Å². The van der Waals surface area contributed by atoms with Crippen LogP contribution in [0.5, 0.6) is 5.75 Å². The second kappa shape index (κ2) is 9.77. The molecule has 0 fully saturated rings. The largest absolute Gasteiger partial charge is 0.452 e. The fraction of sp³-hybridized carbons (Fsp3) is 0.222. The second-order valence-corrected chi connectivity index (χ2v) is 6.87. The molecule has 1 N–H and O–H groups in total. The van der Waals surface area contributed by atoms with Gasteiger partial charge in [0.1, 0.15) is 5.75 Å². The summed E-state index contributed by atoms with van der Waals surface area (Å²) in [4.78, 5) is 24.4. The first-order chi connectivity index (χ1) is 12.9. The predicted molar refractivity (Wildman–Crippen MR) is 95.4 cm³/mol. The number of benzene rings is 2. The maximum Gasteiger partial charge on any atom is 0.387 e. The Bertz CT molecular complexity index is 827. The van der Waals surface area contributed by atoms with E-state index in [1.807, 2.05) is 0 Å². The molecule has 0 radical (unpaired) electrons. The minimum Gasteiger partial charge on any atom is -0.452 e. The lowest BCUT2D eigenvalue weighted by atomic mass is 10.2. The lowest BCUT2D eigenvalue weighted by Crippen LogP contribution is -2.21. The highest BCUT2D eigenvalue weighted by atomic mass is 32.2. The average Bonchev–Trinajstić information content (AvgIpc) is 2.66. The average molecular weight is 397 g/mol. The maximum atomic E-state index is 12.2. The van der Waals surface area contributed by atoms with Crippen LogP contribution in [0.4, 0.5) is 14.5 Å². The number of ether oxygens (including phenoxy) is 2. The molecule has 2 aromatic rings. The second-order valence-electron chi connectivity index (χ2n) is 5.16. The molecule has 1 amide bonds. The minimum absolute atomic E-state index is 0.0463. The number of carbonyl (C=O) groups is 2. The molecule has 6 nitrogen and oxygen atoms in total. The minimum atomic E-state index is -2.94. The maximum absolute atomic E-state index is 12.2. The number of halogens is 2. The summed E-state index contributed by atoms with van der Waals surface area (Å²) in [5.41, 5.74) is 0.462.